The molecule has 41 heavy (non-hydrogen) atoms. The number of carbonyl (C=O) groups is 4. The highest BCUT2D eigenvalue weighted by atomic mass is 35.5. The van der Waals surface area contributed by atoms with E-state index < -0.39 is 34.7 Å². The molecule has 3 atom stereocenters. The summed E-state index contributed by atoms with van der Waals surface area (Å²) in [5.74, 6) is -2.09. The van der Waals surface area contributed by atoms with Gasteiger partial charge in [0.15, 0.2) is 0 Å². The van der Waals surface area contributed by atoms with Gasteiger partial charge in [-0.2, -0.15) is 0 Å². The molecule has 0 radical (unpaired) electrons. The molecule has 3 unspecified atom stereocenters. The van der Waals surface area contributed by atoms with Gasteiger partial charge in [0, 0.05) is 18.0 Å². The Bertz CT molecular complexity index is 1340. The van der Waals surface area contributed by atoms with Gasteiger partial charge in [-0.3, -0.25) is 14.4 Å². The molecule has 2 aromatic rings. The summed E-state index contributed by atoms with van der Waals surface area (Å²) in [6, 6.07) is 10.7. The number of halogens is 2. The zero-order chi connectivity index (χ0) is 30.4. The van der Waals surface area contributed by atoms with E-state index in [1.165, 1.54) is 7.11 Å². The summed E-state index contributed by atoms with van der Waals surface area (Å²) >= 11 is 12.3. The van der Waals surface area contributed by atoms with E-state index in [4.69, 9.17) is 34.5 Å². The van der Waals surface area contributed by atoms with Crippen LogP contribution in [0.3, 0.4) is 0 Å². The largest absolute Gasteiger partial charge is 0.467 e. The van der Waals surface area contributed by atoms with Crippen molar-refractivity contribution in [1.29, 1.82) is 0 Å². The lowest BCUT2D eigenvalue weighted by molar-refractivity contribution is -0.147. The second-order valence-corrected chi connectivity index (χ2v) is 11.6. The van der Waals surface area contributed by atoms with E-state index in [2.05, 4.69) is 20.8 Å². The quantitative estimate of drug-likeness (QED) is 0.203. The fraction of sp³-hybridized carbons (Fsp3) is 0.433. The number of amides is 3. The first-order valence-electron chi connectivity index (χ1n) is 13.2. The molecule has 0 aromatic heterocycles. The SMILES string of the molecule is [C-]#[N+]CCNC(=O)C1(C)CCC(C(=O)NC(Cc2ccc(NC(=O)c3c(Cl)cccc3Cl)cc2)C(=O)OC)C1(C)C. The highest BCUT2D eigenvalue weighted by Crippen LogP contribution is 2.56. The molecule has 1 saturated carbocycles. The van der Waals surface area contributed by atoms with E-state index in [0.717, 1.165) is 5.56 Å². The fourth-order valence-electron chi connectivity index (χ4n) is 5.26. The van der Waals surface area contributed by atoms with Gasteiger partial charge in [-0.15, -0.1) is 0 Å². The molecule has 3 rings (SSSR count). The van der Waals surface area contributed by atoms with Gasteiger partial charge in [0.25, 0.3) is 5.91 Å². The van der Waals surface area contributed by atoms with Gasteiger partial charge < -0.3 is 25.5 Å². The van der Waals surface area contributed by atoms with Crippen molar-refractivity contribution in [3.63, 3.8) is 0 Å². The Balaban J connectivity index is 1.69. The van der Waals surface area contributed by atoms with Crippen molar-refractivity contribution in [2.45, 2.75) is 46.1 Å². The number of methoxy groups -OCH3 is 1. The Morgan fingerprint density at radius 1 is 1.07 bits per heavy atom. The highest BCUT2D eigenvalue weighted by Gasteiger charge is 2.58. The predicted molar refractivity (Wildman–Crippen MR) is 158 cm³/mol. The van der Waals surface area contributed by atoms with Crippen LogP contribution >= 0.6 is 23.2 Å². The molecular weight excluding hydrogens is 567 g/mol. The molecule has 0 saturated heterocycles. The molecule has 1 aliphatic carbocycles. The van der Waals surface area contributed by atoms with Crippen molar-refractivity contribution in [1.82, 2.24) is 10.6 Å². The van der Waals surface area contributed by atoms with Gasteiger partial charge in [-0.25, -0.2) is 11.4 Å². The summed E-state index contributed by atoms with van der Waals surface area (Å²) in [4.78, 5) is 55.0. The summed E-state index contributed by atoms with van der Waals surface area (Å²) in [5, 5.41) is 8.87. The maximum Gasteiger partial charge on any atom is 0.328 e. The molecule has 1 fully saturated rings. The van der Waals surface area contributed by atoms with Crippen LogP contribution in [0, 0.1) is 23.3 Å². The van der Waals surface area contributed by atoms with Crippen molar-refractivity contribution in [3.8, 4) is 0 Å². The van der Waals surface area contributed by atoms with Crippen molar-refractivity contribution in [3.05, 3.63) is 75.1 Å². The van der Waals surface area contributed by atoms with Crippen LogP contribution in [-0.2, 0) is 25.5 Å². The number of anilines is 1. The van der Waals surface area contributed by atoms with Crippen molar-refractivity contribution in [2.75, 3.05) is 25.5 Å². The molecule has 3 amide bonds. The molecule has 9 nitrogen and oxygen atoms in total. The minimum absolute atomic E-state index is 0.157. The number of hydrogen-bond acceptors (Lipinski definition) is 5. The maximum absolute atomic E-state index is 13.5. The van der Waals surface area contributed by atoms with E-state index >= 15 is 0 Å². The number of carbonyl (C=O) groups excluding carboxylic acids is 4. The third kappa shape index (κ3) is 7.00. The Kier molecular flexibility index (Phi) is 10.4. The van der Waals surface area contributed by atoms with Crippen LogP contribution in [0.4, 0.5) is 5.69 Å². The lowest BCUT2D eigenvalue weighted by Crippen LogP contribution is -2.52. The maximum atomic E-state index is 13.5. The average Bonchev–Trinajstić information content (AvgIpc) is 3.18. The third-order valence-corrected chi connectivity index (χ3v) is 8.83. The van der Waals surface area contributed by atoms with E-state index in [1.807, 2.05) is 20.8 Å². The standard InChI is InChI=1S/C30H34Cl2N4O5/c1-29(2)20(13-14-30(29,3)28(40)34-16-15-33-4)25(37)36-23(27(39)41-5)17-18-9-11-19(12-10-18)35-26(38)24-21(31)7-6-8-22(24)32/h6-12,20,23H,13-17H2,1-3,5H3,(H,34,40)(H,35,38)(H,36,37). The zero-order valence-corrected chi connectivity index (χ0v) is 25.0. The summed E-state index contributed by atoms with van der Waals surface area (Å²) in [5.41, 5.74) is -0.129. The Morgan fingerprint density at radius 3 is 2.29 bits per heavy atom. The van der Waals surface area contributed by atoms with Crippen molar-refractivity contribution >= 4 is 52.6 Å². The van der Waals surface area contributed by atoms with Gasteiger partial charge in [0.05, 0.1) is 34.7 Å². The molecule has 218 valence electrons. The molecule has 3 N–H and O–H groups in total. The third-order valence-electron chi connectivity index (χ3n) is 8.20. The summed E-state index contributed by atoms with van der Waals surface area (Å²) in [6.45, 7) is 13.0. The number of esters is 1. The Labute approximate surface area is 250 Å². The summed E-state index contributed by atoms with van der Waals surface area (Å²) in [6.07, 6.45) is 1.13. The highest BCUT2D eigenvalue weighted by molar-refractivity contribution is 6.40. The van der Waals surface area contributed by atoms with E-state index in [9.17, 15) is 19.2 Å². The van der Waals surface area contributed by atoms with Gasteiger partial charge >= 0.3 is 5.97 Å². The first-order valence-corrected chi connectivity index (χ1v) is 13.9. The van der Waals surface area contributed by atoms with E-state index in [-0.39, 0.29) is 46.9 Å². The Hall–Kier alpha value is -3.61. The first-order chi connectivity index (χ1) is 19.3. The summed E-state index contributed by atoms with van der Waals surface area (Å²) < 4.78 is 4.96. The minimum atomic E-state index is -0.954. The van der Waals surface area contributed by atoms with Gasteiger partial charge in [-0.1, -0.05) is 62.2 Å². The summed E-state index contributed by atoms with van der Waals surface area (Å²) in [7, 11) is 1.25. The van der Waals surface area contributed by atoms with Gasteiger partial charge in [-0.05, 0) is 48.1 Å². The van der Waals surface area contributed by atoms with Crippen LogP contribution in [-0.4, -0.2) is 49.9 Å². The Morgan fingerprint density at radius 2 is 1.71 bits per heavy atom. The molecule has 0 aliphatic heterocycles. The number of nitrogens with one attached hydrogen (secondary N) is 3. The molecule has 11 heteroatoms. The van der Waals surface area contributed by atoms with Crippen LogP contribution in [0.5, 0.6) is 0 Å². The molecule has 2 aromatic carbocycles. The number of rotatable bonds is 10. The molecule has 0 heterocycles. The second-order valence-electron chi connectivity index (χ2n) is 10.8. The average molecular weight is 602 g/mol. The van der Waals surface area contributed by atoms with Crippen LogP contribution in [0.15, 0.2) is 42.5 Å². The first kappa shape index (κ1) is 31.9. The van der Waals surface area contributed by atoms with Gasteiger partial charge in [0.2, 0.25) is 18.4 Å². The number of nitrogens with zero attached hydrogens (tertiary/aromatic N) is 1. The molecule has 1 aliphatic rings. The number of hydrogen-bond donors (Lipinski definition) is 3. The van der Waals surface area contributed by atoms with Gasteiger partial charge in [0.1, 0.15) is 6.04 Å². The van der Waals surface area contributed by atoms with Crippen LogP contribution in [0.1, 0.15) is 49.5 Å². The van der Waals surface area contributed by atoms with Crippen LogP contribution < -0.4 is 16.0 Å². The second kappa shape index (κ2) is 13.4. The minimum Gasteiger partial charge on any atom is -0.467 e. The smallest absolute Gasteiger partial charge is 0.328 e. The number of benzene rings is 2. The van der Waals surface area contributed by atoms with E-state index in [0.29, 0.717) is 18.5 Å². The lowest BCUT2D eigenvalue weighted by atomic mass is 9.65. The topological polar surface area (TPSA) is 118 Å². The monoisotopic (exact) mass is 600 g/mol. The molecule has 0 bridgehead atoms. The lowest BCUT2D eigenvalue weighted by Gasteiger charge is -2.40. The van der Waals surface area contributed by atoms with Crippen LogP contribution in [0.25, 0.3) is 4.85 Å². The van der Waals surface area contributed by atoms with Crippen LogP contribution in [0.2, 0.25) is 10.0 Å². The normalized spacial score (nSPS) is 19.9. The number of ether oxygens (including phenoxy) is 1. The zero-order valence-electron chi connectivity index (χ0n) is 23.5. The molecular formula is C30H34Cl2N4O5. The van der Waals surface area contributed by atoms with Crippen molar-refractivity contribution < 1.29 is 23.9 Å². The predicted octanol–water partition coefficient (Wildman–Crippen LogP) is 4.92. The van der Waals surface area contributed by atoms with Crippen molar-refractivity contribution in [2.24, 2.45) is 16.7 Å². The van der Waals surface area contributed by atoms with E-state index in [1.54, 1.807) is 42.5 Å². The molecule has 0 spiro atoms. The fourth-order valence-corrected chi connectivity index (χ4v) is 5.83.